The Morgan fingerprint density at radius 1 is 0.513 bits per heavy atom. The van der Waals surface area contributed by atoms with Gasteiger partial charge in [0, 0.05) is 55.9 Å². The second kappa shape index (κ2) is 24.5. The maximum absolute atomic E-state index is 13.6. The molecule has 9 N–H and O–H groups in total. The van der Waals surface area contributed by atoms with Gasteiger partial charge in [0.2, 0.25) is 0 Å². The molecule has 78 heavy (non-hydrogen) atoms. The highest BCUT2D eigenvalue weighted by atomic mass is 32.1. The molecule has 0 bridgehead atoms. The van der Waals surface area contributed by atoms with Crippen LogP contribution >= 0.6 is 13.5 Å². The molecule has 0 atom stereocenters. The van der Waals surface area contributed by atoms with Crippen molar-refractivity contribution in [1.29, 1.82) is 10.8 Å². The van der Waals surface area contributed by atoms with Crippen LogP contribution in [0, 0.1) is 10.8 Å². The predicted octanol–water partition coefficient (Wildman–Crippen LogP) is 11.8. The molecule has 396 valence electrons. The topological polar surface area (TPSA) is 305 Å². The summed E-state index contributed by atoms with van der Waals surface area (Å²) >= 11 is 0. The zero-order valence-corrected chi connectivity index (χ0v) is 43.6. The summed E-state index contributed by atoms with van der Waals surface area (Å²) in [5, 5.41) is 43.4. The normalized spacial score (nSPS) is 10.6. The van der Waals surface area contributed by atoms with Crippen molar-refractivity contribution in [2.24, 2.45) is 5.73 Å². The van der Waals surface area contributed by atoms with Crippen molar-refractivity contribution < 1.29 is 57.3 Å². The summed E-state index contributed by atoms with van der Waals surface area (Å²) in [5.74, 6) is -3.22. The number of alkyl carbamates (subject to hydrolysis) is 1. The van der Waals surface area contributed by atoms with Gasteiger partial charge in [-0.05, 0) is 154 Å². The Hall–Kier alpha value is -10.1. The van der Waals surface area contributed by atoms with Gasteiger partial charge in [-0.15, -0.1) is 0 Å². The van der Waals surface area contributed by atoms with Crippen LogP contribution in [0.15, 0.2) is 167 Å². The van der Waals surface area contributed by atoms with E-state index >= 15 is 0 Å². The molecule has 0 radical (unpaired) electrons. The molecule has 0 unspecified atom stereocenters. The first-order valence-corrected chi connectivity index (χ1v) is 23.5. The van der Waals surface area contributed by atoms with Gasteiger partial charge in [0.25, 0.3) is 11.8 Å². The Balaban J connectivity index is 0.000000253. The summed E-state index contributed by atoms with van der Waals surface area (Å²) in [5.41, 5.74) is 9.73. The molecule has 2 heterocycles. The minimum absolute atomic E-state index is 0. The van der Waals surface area contributed by atoms with E-state index in [0.29, 0.717) is 61.8 Å². The average molecular weight is 1070 g/mol. The van der Waals surface area contributed by atoms with Crippen molar-refractivity contribution in [2.75, 3.05) is 10.6 Å². The van der Waals surface area contributed by atoms with Crippen molar-refractivity contribution >= 4 is 78.0 Å². The Morgan fingerprint density at radius 2 is 0.885 bits per heavy atom. The molecule has 19 heteroatoms. The van der Waals surface area contributed by atoms with Crippen LogP contribution in [0.25, 0.3) is 44.9 Å². The van der Waals surface area contributed by atoms with E-state index in [2.05, 4.69) is 16.0 Å². The van der Waals surface area contributed by atoms with E-state index in [1.165, 1.54) is 62.8 Å². The number of anilines is 2. The standard InChI is InChI=1S/C32H29N3O7.C27H21N3O5.H2S/c1-18(36)20-9-13-24(26(16-20)30(38)39)23-14-10-21(27-6-5-15-41-27)17-25(23)29(37)34-22-11-7-19(8-12-22)28(33)35-31(40)42-32(2,3)4;1-15(31)17-6-10-21(23(13-17)27(33)34)20-11-7-18(24-3-2-12-35-24)14-22(20)26(32)30-19-8-4-16(5-9-19)25(28)29;/h5-17H,1-4H3,(H,34,37)(H,38,39)(H2,33,35,40);2-14H,1H3,(H3,28,29)(H,30,32)(H,33,34);1H2. The van der Waals surface area contributed by atoms with Gasteiger partial charge in [0.15, 0.2) is 11.6 Å². The van der Waals surface area contributed by atoms with Gasteiger partial charge in [-0.1, -0.05) is 48.5 Å². The largest absolute Gasteiger partial charge is 0.478 e. The number of carbonyl (C=O) groups is 7. The number of nitrogens with two attached hydrogens (primary N) is 1. The van der Waals surface area contributed by atoms with Gasteiger partial charge in [0.05, 0.1) is 23.7 Å². The minimum atomic E-state index is -1.24. The lowest BCUT2D eigenvalue weighted by Crippen LogP contribution is -2.36. The Labute approximate surface area is 453 Å². The SMILES string of the molecule is CC(=O)c1ccc(-c2ccc(-c3ccco3)cc2C(=O)Nc2ccc(C(=N)N)cc2)c(C(=O)O)c1.CC(=O)c1ccc(-c2ccc(-c3ccco3)cc2C(=O)Nc2ccc(C(=N)NC(=O)OC(C)(C)C)cc2)c(C(=O)O)c1.S. The fourth-order valence-corrected chi connectivity index (χ4v) is 7.80. The van der Waals surface area contributed by atoms with Crippen LogP contribution in [0.3, 0.4) is 0 Å². The van der Waals surface area contributed by atoms with Crippen LogP contribution in [-0.2, 0) is 4.74 Å². The van der Waals surface area contributed by atoms with E-state index in [1.807, 2.05) is 0 Å². The highest BCUT2D eigenvalue weighted by molar-refractivity contribution is 7.59. The fraction of sp³-hybridized carbons (Fsp3) is 0.102. The molecule has 2 aromatic heterocycles. The van der Waals surface area contributed by atoms with Gasteiger partial charge in [0.1, 0.15) is 28.8 Å². The molecular formula is C59H52N6O12S. The Bertz CT molecular complexity index is 3620. The van der Waals surface area contributed by atoms with E-state index in [0.717, 1.165) is 0 Å². The number of amidine groups is 2. The van der Waals surface area contributed by atoms with E-state index in [4.69, 9.17) is 30.1 Å². The van der Waals surface area contributed by atoms with E-state index in [9.17, 15) is 43.8 Å². The van der Waals surface area contributed by atoms with E-state index in [1.54, 1.807) is 130 Å². The molecule has 8 aromatic rings. The van der Waals surface area contributed by atoms with Crippen LogP contribution in [0.1, 0.15) is 108 Å². The highest BCUT2D eigenvalue weighted by Gasteiger charge is 2.24. The van der Waals surface area contributed by atoms with Gasteiger partial charge in [-0.2, -0.15) is 13.5 Å². The first-order valence-electron chi connectivity index (χ1n) is 23.5. The van der Waals surface area contributed by atoms with Crippen LogP contribution in [-0.4, -0.2) is 68.9 Å². The summed E-state index contributed by atoms with van der Waals surface area (Å²) < 4.78 is 16.1. The molecule has 3 amide bonds. The molecule has 0 saturated carbocycles. The summed E-state index contributed by atoms with van der Waals surface area (Å²) in [6.07, 6.45) is 2.26. The number of ether oxygens (including phenoxy) is 1. The minimum Gasteiger partial charge on any atom is -0.478 e. The molecule has 0 aliphatic carbocycles. The number of benzene rings is 6. The molecule has 18 nitrogen and oxygen atoms in total. The van der Waals surface area contributed by atoms with Crippen molar-refractivity contribution in [3.8, 4) is 44.9 Å². The van der Waals surface area contributed by atoms with Crippen LogP contribution in [0.5, 0.6) is 0 Å². The van der Waals surface area contributed by atoms with Crippen molar-refractivity contribution in [3.63, 3.8) is 0 Å². The number of rotatable bonds is 14. The fourth-order valence-electron chi connectivity index (χ4n) is 7.80. The molecule has 0 aliphatic rings. The number of carbonyl (C=O) groups excluding carboxylic acids is 5. The smallest absolute Gasteiger partial charge is 0.413 e. The third kappa shape index (κ3) is 14.0. The van der Waals surface area contributed by atoms with Gasteiger partial charge in [-0.25, -0.2) is 14.4 Å². The Kier molecular flexibility index (Phi) is 17.9. The summed E-state index contributed by atoms with van der Waals surface area (Å²) in [6, 6.07) is 38.3. The van der Waals surface area contributed by atoms with Crippen LogP contribution in [0.4, 0.5) is 16.2 Å². The van der Waals surface area contributed by atoms with Gasteiger partial charge >= 0.3 is 18.0 Å². The zero-order valence-electron chi connectivity index (χ0n) is 42.6. The number of nitrogen functional groups attached to an aromatic ring is 1. The summed E-state index contributed by atoms with van der Waals surface area (Å²) in [4.78, 5) is 86.9. The zero-order chi connectivity index (χ0) is 55.7. The van der Waals surface area contributed by atoms with Crippen molar-refractivity contribution in [1.82, 2.24) is 5.32 Å². The number of aromatic carboxylic acids is 2. The number of carboxylic acid groups (broad SMARTS) is 2. The lowest BCUT2D eigenvalue weighted by Gasteiger charge is -2.19. The molecule has 0 fully saturated rings. The van der Waals surface area contributed by atoms with Crippen molar-refractivity contribution in [3.05, 3.63) is 203 Å². The average Bonchev–Trinajstić information content (AvgIpc) is 4.15. The number of carboxylic acids is 2. The number of hydrogen-bond acceptors (Lipinski definition) is 12. The van der Waals surface area contributed by atoms with Crippen molar-refractivity contribution in [2.45, 2.75) is 40.2 Å². The number of amides is 3. The van der Waals surface area contributed by atoms with Gasteiger partial charge in [-0.3, -0.25) is 35.3 Å². The first-order chi connectivity index (χ1) is 36.6. The van der Waals surface area contributed by atoms with E-state index in [-0.39, 0.29) is 75.7 Å². The quantitative estimate of drug-likeness (QED) is 0.0286. The second-order valence-corrected chi connectivity index (χ2v) is 18.2. The second-order valence-electron chi connectivity index (χ2n) is 18.2. The lowest BCUT2D eigenvalue weighted by molar-refractivity contribution is 0.0560. The molecule has 0 aliphatic heterocycles. The summed E-state index contributed by atoms with van der Waals surface area (Å²) in [6.45, 7) is 7.85. The number of furan rings is 2. The summed E-state index contributed by atoms with van der Waals surface area (Å²) in [7, 11) is 0. The van der Waals surface area contributed by atoms with E-state index < -0.39 is 35.4 Å². The van der Waals surface area contributed by atoms with Crippen LogP contribution in [0.2, 0.25) is 0 Å². The number of ketones is 2. The lowest BCUT2D eigenvalue weighted by atomic mass is 9.91. The molecule has 6 aromatic carbocycles. The highest BCUT2D eigenvalue weighted by Crippen LogP contribution is 2.35. The molecule has 0 spiro atoms. The van der Waals surface area contributed by atoms with Crippen LogP contribution < -0.4 is 21.7 Å². The molecule has 0 saturated heterocycles. The first kappa shape index (κ1) is 57.1. The third-order valence-corrected chi connectivity index (χ3v) is 11.5. The number of Topliss-reactive ketones (excluding diaryl/α,β-unsaturated/α-hetero) is 2. The number of hydrogen-bond donors (Lipinski definition) is 8. The predicted molar refractivity (Wildman–Crippen MR) is 299 cm³/mol. The third-order valence-electron chi connectivity index (χ3n) is 11.5. The maximum Gasteiger partial charge on any atom is 0.413 e. The molecule has 8 rings (SSSR count). The maximum atomic E-state index is 13.6. The van der Waals surface area contributed by atoms with Gasteiger partial charge < -0.3 is 40.2 Å². The number of nitrogens with one attached hydrogen (secondary N) is 5. The Morgan fingerprint density at radius 3 is 1.23 bits per heavy atom. The monoisotopic (exact) mass is 1070 g/mol. The molecular weight excluding hydrogens is 1020 g/mol.